The van der Waals surface area contributed by atoms with Gasteiger partial charge in [-0.05, 0) is 54.5 Å². The molecule has 2 aromatic rings. The first-order valence-corrected chi connectivity index (χ1v) is 14.5. The Morgan fingerprint density at radius 3 is 2.57 bits per heavy atom. The number of amides is 3. The average molecular weight is 580 g/mol. The minimum atomic E-state index is -1.05. The summed E-state index contributed by atoms with van der Waals surface area (Å²) in [6.07, 6.45) is 5.12. The summed E-state index contributed by atoms with van der Waals surface area (Å²) in [6.45, 7) is 8.94. The van der Waals surface area contributed by atoms with E-state index in [1.54, 1.807) is 36.5 Å². The number of nitrogens with zero attached hydrogens (tertiary/aromatic N) is 3. The SMILES string of the molecule is CC(C)(C)CC(=O)Nc1cc(C(=O)NC(CC(=O)O)c2cccnc2)ccc1N1CCCN(C(=O)C2CCCO2)CC1. The minimum absolute atomic E-state index is 0.0320. The third-order valence-electron chi connectivity index (χ3n) is 7.35. The summed E-state index contributed by atoms with van der Waals surface area (Å²) in [5.74, 6) is -1.66. The first-order valence-electron chi connectivity index (χ1n) is 14.5. The predicted octanol–water partition coefficient (Wildman–Crippen LogP) is 3.62. The van der Waals surface area contributed by atoms with Crippen molar-refractivity contribution in [3.05, 3.63) is 53.9 Å². The lowest BCUT2D eigenvalue weighted by atomic mass is 9.92. The fourth-order valence-corrected chi connectivity index (χ4v) is 5.33. The van der Waals surface area contributed by atoms with Gasteiger partial charge in [-0.1, -0.05) is 26.8 Å². The van der Waals surface area contributed by atoms with E-state index in [1.807, 2.05) is 25.7 Å². The normalized spacial score (nSPS) is 18.2. The molecule has 0 bridgehead atoms. The molecule has 2 unspecified atom stereocenters. The number of hydrogen-bond acceptors (Lipinski definition) is 7. The largest absolute Gasteiger partial charge is 0.481 e. The third-order valence-corrected chi connectivity index (χ3v) is 7.35. The second-order valence-corrected chi connectivity index (χ2v) is 12.1. The Hall–Kier alpha value is -3.99. The molecule has 1 aromatic carbocycles. The molecule has 2 aliphatic rings. The first kappa shape index (κ1) is 31.0. The molecule has 0 spiro atoms. The van der Waals surface area contributed by atoms with Gasteiger partial charge in [0.15, 0.2) is 0 Å². The van der Waals surface area contributed by atoms with E-state index in [4.69, 9.17) is 4.74 Å². The molecule has 0 aliphatic carbocycles. The zero-order valence-electron chi connectivity index (χ0n) is 24.6. The van der Waals surface area contributed by atoms with Crippen LogP contribution in [0.1, 0.15) is 74.8 Å². The van der Waals surface area contributed by atoms with Crippen molar-refractivity contribution in [1.82, 2.24) is 15.2 Å². The smallest absolute Gasteiger partial charge is 0.305 e. The highest BCUT2D eigenvalue weighted by atomic mass is 16.5. The van der Waals surface area contributed by atoms with Crippen LogP contribution in [0, 0.1) is 5.41 Å². The summed E-state index contributed by atoms with van der Waals surface area (Å²) < 4.78 is 5.61. The van der Waals surface area contributed by atoms with Gasteiger partial charge < -0.3 is 30.3 Å². The van der Waals surface area contributed by atoms with Gasteiger partial charge in [-0.2, -0.15) is 0 Å². The van der Waals surface area contributed by atoms with Gasteiger partial charge in [-0.3, -0.25) is 24.2 Å². The van der Waals surface area contributed by atoms with Crippen LogP contribution in [-0.4, -0.2) is 77.6 Å². The highest BCUT2D eigenvalue weighted by Crippen LogP contribution is 2.31. The Balaban J connectivity index is 1.56. The van der Waals surface area contributed by atoms with E-state index >= 15 is 0 Å². The molecule has 11 heteroatoms. The second kappa shape index (κ2) is 13.8. The number of nitrogens with one attached hydrogen (secondary N) is 2. The van der Waals surface area contributed by atoms with Crippen molar-refractivity contribution >= 4 is 35.1 Å². The fraction of sp³-hybridized carbons (Fsp3) is 0.516. The molecular formula is C31H41N5O6. The quantitative estimate of drug-likeness (QED) is 0.409. The van der Waals surface area contributed by atoms with Crippen molar-refractivity contribution in [2.24, 2.45) is 5.41 Å². The van der Waals surface area contributed by atoms with E-state index in [-0.39, 0.29) is 41.7 Å². The maximum absolute atomic E-state index is 13.4. The molecule has 2 fully saturated rings. The molecule has 2 saturated heterocycles. The number of rotatable bonds is 9. The number of carboxylic acid groups (broad SMARTS) is 1. The van der Waals surface area contributed by atoms with E-state index in [9.17, 15) is 24.3 Å². The third kappa shape index (κ3) is 8.51. The number of carboxylic acids is 1. The Kier molecular flexibility index (Phi) is 10.2. The highest BCUT2D eigenvalue weighted by Gasteiger charge is 2.30. The van der Waals surface area contributed by atoms with Crippen LogP contribution in [0.15, 0.2) is 42.7 Å². The van der Waals surface area contributed by atoms with Gasteiger partial charge >= 0.3 is 5.97 Å². The number of pyridine rings is 1. The van der Waals surface area contributed by atoms with Gasteiger partial charge in [0, 0.05) is 57.2 Å². The van der Waals surface area contributed by atoms with Gasteiger partial charge in [0.05, 0.1) is 23.8 Å². The number of anilines is 2. The lowest BCUT2D eigenvalue weighted by Gasteiger charge is -2.27. The van der Waals surface area contributed by atoms with E-state index in [2.05, 4.69) is 20.5 Å². The van der Waals surface area contributed by atoms with Crippen molar-refractivity contribution in [3.63, 3.8) is 0 Å². The Bertz CT molecular complexity index is 1270. The molecule has 3 amide bonds. The maximum atomic E-state index is 13.4. The summed E-state index contributed by atoms with van der Waals surface area (Å²) in [4.78, 5) is 58.9. The Morgan fingerprint density at radius 1 is 1.10 bits per heavy atom. The standard InChI is InChI=1S/C31H41N5O6/c1-31(2,3)19-27(37)33-24-17-21(29(40)34-23(18-28(38)39)22-7-4-11-32-20-22)9-10-25(24)35-12-6-13-36(15-14-35)30(41)26-8-5-16-42-26/h4,7,9-11,17,20,23,26H,5-6,8,12-16,18-19H2,1-3H3,(H,33,37)(H,34,40)(H,38,39). The Labute approximate surface area is 246 Å². The number of aromatic nitrogens is 1. The zero-order valence-corrected chi connectivity index (χ0v) is 24.6. The zero-order chi connectivity index (χ0) is 30.3. The summed E-state index contributed by atoms with van der Waals surface area (Å²) in [5.41, 5.74) is 1.88. The van der Waals surface area contributed by atoms with Gasteiger partial charge in [-0.15, -0.1) is 0 Å². The number of ether oxygens (including phenoxy) is 1. The minimum Gasteiger partial charge on any atom is -0.481 e. The molecule has 11 nitrogen and oxygen atoms in total. The number of benzene rings is 1. The van der Waals surface area contributed by atoms with E-state index in [1.165, 1.54) is 6.20 Å². The number of carbonyl (C=O) groups excluding carboxylic acids is 3. The number of hydrogen-bond donors (Lipinski definition) is 3. The van der Waals surface area contributed by atoms with Crippen LogP contribution in [0.5, 0.6) is 0 Å². The van der Waals surface area contributed by atoms with Crippen LogP contribution in [-0.2, 0) is 19.1 Å². The number of carbonyl (C=O) groups is 4. The molecule has 4 rings (SSSR count). The van der Waals surface area contributed by atoms with E-state index in [0.717, 1.165) is 24.9 Å². The van der Waals surface area contributed by atoms with Crippen LogP contribution >= 0.6 is 0 Å². The number of aliphatic carboxylic acids is 1. The molecule has 42 heavy (non-hydrogen) atoms. The topological polar surface area (TPSA) is 141 Å². The van der Waals surface area contributed by atoms with Crippen molar-refractivity contribution in [2.75, 3.05) is 43.0 Å². The van der Waals surface area contributed by atoms with Gasteiger partial charge in [0.25, 0.3) is 11.8 Å². The Morgan fingerprint density at radius 2 is 1.90 bits per heavy atom. The molecule has 2 atom stereocenters. The summed E-state index contributed by atoms with van der Waals surface area (Å²) in [5, 5.41) is 15.2. The van der Waals surface area contributed by atoms with Crippen LogP contribution in [0.4, 0.5) is 11.4 Å². The van der Waals surface area contributed by atoms with Crippen LogP contribution in [0.2, 0.25) is 0 Å². The molecule has 0 radical (unpaired) electrons. The molecule has 1 aromatic heterocycles. The summed E-state index contributed by atoms with van der Waals surface area (Å²) in [7, 11) is 0. The van der Waals surface area contributed by atoms with E-state index < -0.39 is 17.9 Å². The summed E-state index contributed by atoms with van der Waals surface area (Å²) >= 11 is 0. The molecule has 2 aliphatic heterocycles. The van der Waals surface area contributed by atoms with Gasteiger partial charge in [-0.25, -0.2) is 0 Å². The maximum Gasteiger partial charge on any atom is 0.305 e. The van der Waals surface area contributed by atoms with Crippen molar-refractivity contribution < 1.29 is 29.0 Å². The fourth-order valence-electron chi connectivity index (χ4n) is 5.33. The lowest BCUT2D eigenvalue weighted by Crippen LogP contribution is -2.41. The second-order valence-electron chi connectivity index (χ2n) is 12.1. The van der Waals surface area contributed by atoms with Crippen LogP contribution < -0.4 is 15.5 Å². The molecule has 3 heterocycles. The summed E-state index contributed by atoms with van der Waals surface area (Å²) in [6, 6.07) is 7.73. The van der Waals surface area contributed by atoms with E-state index in [0.29, 0.717) is 44.0 Å². The molecule has 226 valence electrons. The van der Waals surface area contributed by atoms with Crippen molar-refractivity contribution in [3.8, 4) is 0 Å². The molecule has 3 N–H and O–H groups in total. The van der Waals surface area contributed by atoms with Crippen LogP contribution in [0.25, 0.3) is 0 Å². The van der Waals surface area contributed by atoms with Crippen molar-refractivity contribution in [1.29, 1.82) is 0 Å². The molecule has 0 saturated carbocycles. The van der Waals surface area contributed by atoms with Gasteiger partial charge in [0.1, 0.15) is 6.10 Å². The lowest BCUT2D eigenvalue weighted by molar-refractivity contribution is -0.140. The van der Waals surface area contributed by atoms with Crippen LogP contribution in [0.3, 0.4) is 0 Å². The first-order chi connectivity index (χ1) is 20.0. The predicted molar refractivity (Wildman–Crippen MR) is 158 cm³/mol. The van der Waals surface area contributed by atoms with Crippen molar-refractivity contribution in [2.45, 2.75) is 65.0 Å². The monoisotopic (exact) mass is 579 g/mol. The highest BCUT2D eigenvalue weighted by molar-refractivity contribution is 6.00. The molecular weight excluding hydrogens is 538 g/mol. The van der Waals surface area contributed by atoms with Gasteiger partial charge in [0.2, 0.25) is 5.91 Å². The average Bonchev–Trinajstić information content (AvgIpc) is 3.36.